The quantitative estimate of drug-likeness (QED) is 0.710. The molecular weight excluding hydrogens is 171 g/mol. The van der Waals surface area contributed by atoms with Gasteiger partial charge in [0.25, 0.3) is 0 Å². The molecule has 2 N–H and O–H groups in total. The highest BCUT2D eigenvalue weighted by Gasteiger charge is 1.98. The van der Waals surface area contributed by atoms with Crippen molar-refractivity contribution in [2.75, 3.05) is 0 Å². The first kappa shape index (κ1) is 7.79. The van der Waals surface area contributed by atoms with E-state index in [2.05, 4.69) is 4.98 Å². The van der Waals surface area contributed by atoms with Gasteiger partial charge in [0.05, 0.1) is 15.7 Å². The minimum Gasteiger partial charge on any atom is -0.325 e. The van der Waals surface area contributed by atoms with E-state index >= 15 is 0 Å². The highest BCUT2D eigenvalue weighted by molar-refractivity contribution is 6.34. The fourth-order valence-electron chi connectivity index (χ4n) is 0.593. The second kappa shape index (κ2) is 3.19. The Bertz CT molecular complexity index is 237. The number of nitrogens with two attached hydrogens (primary N) is 1. The maximum Gasteiger partial charge on any atom is 0.0726 e. The highest BCUT2D eigenvalue weighted by Crippen LogP contribution is 2.17. The molecule has 0 atom stereocenters. The molecule has 0 saturated heterocycles. The standard InChI is InChI=1S/C6H6Cl2N2/c7-4-1-5(8)6(2-9)10-3-4/h1,3H,2,9H2. The summed E-state index contributed by atoms with van der Waals surface area (Å²) in [5.41, 5.74) is 5.98. The fourth-order valence-corrected chi connectivity index (χ4v) is 1.05. The lowest BCUT2D eigenvalue weighted by molar-refractivity contribution is 0.991. The van der Waals surface area contributed by atoms with Gasteiger partial charge in [-0.1, -0.05) is 23.2 Å². The molecule has 54 valence electrons. The van der Waals surface area contributed by atoms with Crippen LogP contribution in [0, 0.1) is 0 Å². The molecule has 0 bridgehead atoms. The van der Waals surface area contributed by atoms with Gasteiger partial charge in [-0.3, -0.25) is 4.98 Å². The number of hydrogen-bond acceptors (Lipinski definition) is 2. The summed E-state index contributed by atoms with van der Waals surface area (Å²) in [6.07, 6.45) is 1.52. The van der Waals surface area contributed by atoms with Crippen molar-refractivity contribution in [3.63, 3.8) is 0 Å². The molecule has 0 spiro atoms. The van der Waals surface area contributed by atoms with Crippen molar-refractivity contribution in [1.82, 2.24) is 4.98 Å². The molecule has 1 aromatic heterocycles. The number of aromatic nitrogens is 1. The third-order valence-corrected chi connectivity index (χ3v) is 1.61. The smallest absolute Gasteiger partial charge is 0.0726 e. The predicted octanol–water partition coefficient (Wildman–Crippen LogP) is 1.85. The lowest BCUT2D eigenvalue weighted by atomic mass is 10.3. The summed E-state index contributed by atoms with van der Waals surface area (Å²) in [6.45, 7) is 0.343. The van der Waals surface area contributed by atoms with E-state index in [9.17, 15) is 0 Å². The predicted molar refractivity (Wildman–Crippen MR) is 42.1 cm³/mol. The molecular formula is C6H6Cl2N2. The summed E-state index contributed by atoms with van der Waals surface area (Å²) in [5.74, 6) is 0. The summed E-state index contributed by atoms with van der Waals surface area (Å²) in [4.78, 5) is 3.91. The van der Waals surface area contributed by atoms with Crippen LogP contribution in [-0.2, 0) is 6.54 Å². The van der Waals surface area contributed by atoms with Gasteiger partial charge in [-0.25, -0.2) is 0 Å². The van der Waals surface area contributed by atoms with E-state index in [0.29, 0.717) is 22.3 Å². The fraction of sp³-hybridized carbons (Fsp3) is 0.167. The molecule has 1 rings (SSSR count). The Labute approximate surface area is 69.0 Å². The average Bonchev–Trinajstić information content (AvgIpc) is 1.88. The number of pyridine rings is 1. The monoisotopic (exact) mass is 176 g/mol. The Kier molecular flexibility index (Phi) is 2.49. The number of rotatable bonds is 1. The Morgan fingerprint density at radius 2 is 2.20 bits per heavy atom. The van der Waals surface area contributed by atoms with E-state index in [1.165, 1.54) is 6.20 Å². The minimum absolute atomic E-state index is 0.343. The van der Waals surface area contributed by atoms with Crippen molar-refractivity contribution in [3.05, 3.63) is 28.0 Å². The van der Waals surface area contributed by atoms with Crippen molar-refractivity contribution in [2.24, 2.45) is 5.73 Å². The zero-order valence-corrected chi connectivity index (χ0v) is 6.65. The Balaban J connectivity index is 3.07. The van der Waals surface area contributed by atoms with Gasteiger partial charge >= 0.3 is 0 Å². The van der Waals surface area contributed by atoms with Crippen molar-refractivity contribution in [3.8, 4) is 0 Å². The molecule has 0 aliphatic rings. The van der Waals surface area contributed by atoms with Crippen LogP contribution in [0.5, 0.6) is 0 Å². The molecule has 0 unspecified atom stereocenters. The molecule has 0 amide bonds. The summed E-state index contributed by atoms with van der Waals surface area (Å²) >= 11 is 11.3. The van der Waals surface area contributed by atoms with Crippen LogP contribution in [0.25, 0.3) is 0 Å². The van der Waals surface area contributed by atoms with Crippen LogP contribution in [0.1, 0.15) is 5.69 Å². The van der Waals surface area contributed by atoms with Gasteiger partial charge in [0, 0.05) is 12.7 Å². The molecule has 0 fully saturated rings. The lowest BCUT2D eigenvalue weighted by Gasteiger charge is -1.97. The molecule has 0 aliphatic heterocycles. The van der Waals surface area contributed by atoms with E-state index in [0.717, 1.165) is 0 Å². The van der Waals surface area contributed by atoms with E-state index < -0.39 is 0 Å². The molecule has 0 radical (unpaired) electrons. The van der Waals surface area contributed by atoms with Crippen LogP contribution in [0.4, 0.5) is 0 Å². The van der Waals surface area contributed by atoms with Gasteiger partial charge in [-0.15, -0.1) is 0 Å². The second-order valence-electron chi connectivity index (χ2n) is 1.79. The SMILES string of the molecule is NCc1ncc(Cl)cc1Cl. The van der Waals surface area contributed by atoms with Gasteiger partial charge in [0.15, 0.2) is 0 Å². The molecule has 2 nitrogen and oxygen atoms in total. The molecule has 1 aromatic rings. The van der Waals surface area contributed by atoms with Crippen molar-refractivity contribution >= 4 is 23.2 Å². The third-order valence-electron chi connectivity index (χ3n) is 1.08. The highest BCUT2D eigenvalue weighted by atomic mass is 35.5. The Hall–Kier alpha value is -0.310. The third kappa shape index (κ3) is 1.59. The van der Waals surface area contributed by atoms with Crippen molar-refractivity contribution < 1.29 is 0 Å². The average molecular weight is 177 g/mol. The van der Waals surface area contributed by atoms with Crippen molar-refractivity contribution in [2.45, 2.75) is 6.54 Å². The first-order valence-electron chi connectivity index (χ1n) is 2.74. The van der Waals surface area contributed by atoms with Gasteiger partial charge in [-0.2, -0.15) is 0 Å². The zero-order valence-electron chi connectivity index (χ0n) is 5.14. The zero-order chi connectivity index (χ0) is 7.56. The van der Waals surface area contributed by atoms with Crippen LogP contribution >= 0.6 is 23.2 Å². The molecule has 4 heteroatoms. The minimum atomic E-state index is 0.343. The normalized spacial score (nSPS) is 9.90. The maximum absolute atomic E-state index is 5.70. The van der Waals surface area contributed by atoms with E-state index in [1.807, 2.05) is 0 Å². The largest absolute Gasteiger partial charge is 0.325 e. The summed E-state index contributed by atoms with van der Waals surface area (Å²) in [5, 5.41) is 1.05. The first-order valence-corrected chi connectivity index (χ1v) is 3.49. The van der Waals surface area contributed by atoms with Crippen LogP contribution < -0.4 is 5.73 Å². The molecule has 10 heavy (non-hydrogen) atoms. The van der Waals surface area contributed by atoms with Crippen molar-refractivity contribution in [1.29, 1.82) is 0 Å². The van der Waals surface area contributed by atoms with E-state index in [1.54, 1.807) is 6.07 Å². The van der Waals surface area contributed by atoms with Gasteiger partial charge in [-0.05, 0) is 6.07 Å². The number of nitrogens with zero attached hydrogens (tertiary/aromatic N) is 1. The van der Waals surface area contributed by atoms with Gasteiger partial charge < -0.3 is 5.73 Å². The number of halogens is 2. The van der Waals surface area contributed by atoms with Crippen LogP contribution in [0.2, 0.25) is 10.0 Å². The topological polar surface area (TPSA) is 38.9 Å². The maximum atomic E-state index is 5.70. The van der Waals surface area contributed by atoms with E-state index in [-0.39, 0.29) is 0 Å². The first-order chi connectivity index (χ1) is 4.74. The van der Waals surface area contributed by atoms with Gasteiger partial charge in [0.2, 0.25) is 0 Å². The lowest BCUT2D eigenvalue weighted by Crippen LogP contribution is -1.99. The Morgan fingerprint density at radius 1 is 1.50 bits per heavy atom. The van der Waals surface area contributed by atoms with Crippen LogP contribution in [0.15, 0.2) is 12.3 Å². The van der Waals surface area contributed by atoms with E-state index in [4.69, 9.17) is 28.9 Å². The number of hydrogen-bond donors (Lipinski definition) is 1. The second-order valence-corrected chi connectivity index (χ2v) is 2.63. The summed E-state index contributed by atoms with van der Waals surface area (Å²) in [6, 6.07) is 1.62. The molecule has 0 saturated carbocycles. The van der Waals surface area contributed by atoms with Gasteiger partial charge in [0.1, 0.15) is 0 Å². The molecule has 0 aromatic carbocycles. The molecule has 1 heterocycles. The summed E-state index contributed by atoms with van der Waals surface area (Å²) in [7, 11) is 0. The Morgan fingerprint density at radius 3 is 2.70 bits per heavy atom. The molecule has 0 aliphatic carbocycles. The summed E-state index contributed by atoms with van der Waals surface area (Å²) < 4.78 is 0. The van der Waals surface area contributed by atoms with Crippen LogP contribution in [0.3, 0.4) is 0 Å². The van der Waals surface area contributed by atoms with Crippen LogP contribution in [-0.4, -0.2) is 4.98 Å².